The second kappa shape index (κ2) is 8.35. The molecule has 0 saturated carbocycles. The average Bonchev–Trinajstić information content (AvgIpc) is 3.14. The standard InChI is InChI=1S/C17H19NO5S/c1-21-13-7-6-11(9-14(13)22-2)17(20)18-12(10-16(19)23-3)15-5-4-8-24-15/h4-9,12H,10H2,1-3H3,(H,18,20)/t12-/m0/s1. The fourth-order valence-electron chi connectivity index (χ4n) is 2.18. The zero-order valence-electron chi connectivity index (χ0n) is 13.7. The normalized spacial score (nSPS) is 11.5. The highest BCUT2D eigenvalue weighted by atomic mass is 32.1. The summed E-state index contributed by atoms with van der Waals surface area (Å²) in [4.78, 5) is 25.0. The van der Waals surface area contributed by atoms with Gasteiger partial charge in [-0.1, -0.05) is 6.07 Å². The minimum Gasteiger partial charge on any atom is -0.493 e. The van der Waals surface area contributed by atoms with Crippen LogP contribution >= 0.6 is 11.3 Å². The number of hydrogen-bond acceptors (Lipinski definition) is 6. The molecule has 24 heavy (non-hydrogen) atoms. The highest BCUT2D eigenvalue weighted by Crippen LogP contribution is 2.28. The Kier molecular flexibility index (Phi) is 6.20. The molecule has 0 bridgehead atoms. The first-order valence-electron chi connectivity index (χ1n) is 7.22. The second-order valence-corrected chi connectivity index (χ2v) is 5.87. The third-order valence-electron chi connectivity index (χ3n) is 3.44. The predicted molar refractivity (Wildman–Crippen MR) is 90.7 cm³/mol. The van der Waals surface area contributed by atoms with Crippen LogP contribution in [0.5, 0.6) is 11.5 Å². The molecular weight excluding hydrogens is 330 g/mol. The summed E-state index contributed by atoms with van der Waals surface area (Å²) >= 11 is 1.47. The Morgan fingerprint density at radius 3 is 2.46 bits per heavy atom. The summed E-state index contributed by atoms with van der Waals surface area (Å²) in [5.74, 6) is 0.309. The molecule has 6 nitrogen and oxygen atoms in total. The number of benzene rings is 1. The van der Waals surface area contributed by atoms with Crippen LogP contribution < -0.4 is 14.8 Å². The summed E-state index contributed by atoms with van der Waals surface area (Å²) < 4.78 is 15.1. The number of thiophene rings is 1. The topological polar surface area (TPSA) is 73.9 Å². The minimum atomic E-state index is -0.446. The Labute approximate surface area is 144 Å². The van der Waals surface area contributed by atoms with E-state index in [0.717, 1.165) is 4.88 Å². The van der Waals surface area contributed by atoms with Gasteiger partial charge >= 0.3 is 5.97 Å². The molecule has 2 rings (SSSR count). The fraction of sp³-hybridized carbons (Fsp3) is 0.294. The lowest BCUT2D eigenvalue weighted by molar-refractivity contribution is -0.141. The number of amides is 1. The summed E-state index contributed by atoms with van der Waals surface area (Å²) in [5.41, 5.74) is 0.416. The lowest BCUT2D eigenvalue weighted by atomic mass is 10.1. The van der Waals surface area contributed by atoms with Crippen molar-refractivity contribution in [3.05, 3.63) is 46.2 Å². The van der Waals surface area contributed by atoms with Crippen LogP contribution in [0.1, 0.15) is 27.7 Å². The van der Waals surface area contributed by atoms with Gasteiger partial charge in [-0.05, 0) is 29.6 Å². The van der Waals surface area contributed by atoms with E-state index in [2.05, 4.69) is 5.32 Å². The minimum absolute atomic E-state index is 0.0655. The van der Waals surface area contributed by atoms with E-state index in [4.69, 9.17) is 14.2 Å². The van der Waals surface area contributed by atoms with Gasteiger partial charge in [-0.25, -0.2) is 0 Å². The largest absolute Gasteiger partial charge is 0.493 e. The van der Waals surface area contributed by atoms with Crippen LogP contribution in [-0.2, 0) is 9.53 Å². The van der Waals surface area contributed by atoms with Gasteiger partial charge in [0.05, 0.1) is 33.8 Å². The van der Waals surface area contributed by atoms with Crippen molar-refractivity contribution < 1.29 is 23.8 Å². The van der Waals surface area contributed by atoms with Crippen LogP contribution in [0.2, 0.25) is 0 Å². The molecule has 1 heterocycles. The van der Waals surface area contributed by atoms with Crippen molar-refractivity contribution in [2.24, 2.45) is 0 Å². The third-order valence-corrected chi connectivity index (χ3v) is 4.42. The number of ether oxygens (including phenoxy) is 3. The van der Waals surface area contributed by atoms with Crippen LogP contribution in [-0.4, -0.2) is 33.2 Å². The molecule has 128 valence electrons. The Morgan fingerprint density at radius 1 is 1.12 bits per heavy atom. The molecule has 0 unspecified atom stereocenters. The van der Waals surface area contributed by atoms with E-state index in [1.807, 2.05) is 17.5 Å². The predicted octanol–water partition coefficient (Wildman–Crippen LogP) is 2.80. The molecular formula is C17H19NO5S. The van der Waals surface area contributed by atoms with Gasteiger partial charge in [0.2, 0.25) is 0 Å². The number of rotatable bonds is 7. The van der Waals surface area contributed by atoms with Crippen molar-refractivity contribution >= 4 is 23.2 Å². The molecule has 1 atom stereocenters. The Balaban J connectivity index is 2.19. The maximum absolute atomic E-state index is 12.5. The lowest BCUT2D eigenvalue weighted by Crippen LogP contribution is -2.30. The molecule has 0 aliphatic carbocycles. The highest BCUT2D eigenvalue weighted by molar-refractivity contribution is 7.10. The van der Waals surface area contributed by atoms with E-state index < -0.39 is 6.04 Å². The van der Waals surface area contributed by atoms with Gasteiger partial charge in [0.15, 0.2) is 11.5 Å². The maximum Gasteiger partial charge on any atom is 0.307 e. The zero-order chi connectivity index (χ0) is 17.5. The molecule has 1 N–H and O–H groups in total. The first-order valence-corrected chi connectivity index (χ1v) is 8.10. The summed E-state index contributed by atoms with van der Waals surface area (Å²) in [6.07, 6.45) is 0.0655. The van der Waals surface area contributed by atoms with E-state index in [0.29, 0.717) is 17.1 Å². The van der Waals surface area contributed by atoms with Crippen molar-refractivity contribution in [3.8, 4) is 11.5 Å². The number of carbonyl (C=O) groups is 2. The van der Waals surface area contributed by atoms with Gasteiger partial charge in [-0.2, -0.15) is 0 Å². The molecule has 1 amide bonds. The van der Waals surface area contributed by atoms with Crippen molar-refractivity contribution in [1.82, 2.24) is 5.32 Å². The maximum atomic E-state index is 12.5. The third kappa shape index (κ3) is 4.26. The number of hydrogen-bond donors (Lipinski definition) is 1. The van der Waals surface area contributed by atoms with Crippen molar-refractivity contribution in [1.29, 1.82) is 0 Å². The van der Waals surface area contributed by atoms with Crippen molar-refractivity contribution in [2.45, 2.75) is 12.5 Å². The monoisotopic (exact) mass is 349 g/mol. The van der Waals surface area contributed by atoms with E-state index in [-0.39, 0.29) is 18.3 Å². The Bertz CT molecular complexity index is 699. The van der Waals surface area contributed by atoms with Crippen molar-refractivity contribution in [2.75, 3.05) is 21.3 Å². The summed E-state index contributed by atoms with van der Waals surface area (Å²) in [7, 11) is 4.36. The second-order valence-electron chi connectivity index (χ2n) is 4.89. The molecule has 0 spiro atoms. The molecule has 0 radical (unpaired) electrons. The summed E-state index contributed by atoms with van der Waals surface area (Å²) in [6, 6.07) is 8.19. The molecule has 0 aliphatic rings. The van der Waals surface area contributed by atoms with Crippen LogP contribution in [0.4, 0.5) is 0 Å². The zero-order valence-corrected chi connectivity index (χ0v) is 14.5. The molecule has 0 saturated heterocycles. The van der Waals surface area contributed by atoms with Crippen LogP contribution in [0.15, 0.2) is 35.7 Å². The average molecular weight is 349 g/mol. The number of esters is 1. The fourth-order valence-corrected chi connectivity index (χ4v) is 2.96. The van der Waals surface area contributed by atoms with Crippen molar-refractivity contribution in [3.63, 3.8) is 0 Å². The van der Waals surface area contributed by atoms with Gasteiger partial charge in [0.1, 0.15) is 0 Å². The molecule has 2 aromatic rings. The van der Waals surface area contributed by atoms with Gasteiger partial charge in [-0.15, -0.1) is 11.3 Å². The van der Waals surface area contributed by atoms with E-state index in [9.17, 15) is 9.59 Å². The van der Waals surface area contributed by atoms with Crippen LogP contribution in [0, 0.1) is 0 Å². The Morgan fingerprint density at radius 2 is 1.88 bits per heavy atom. The Hall–Kier alpha value is -2.54. The summed E-state index contributed by atoms with van der Waals surface area (Å²) in [5, 5.41) is 4.76. The number of methoxy groups -OCH3 is 3. The highest BCUT2D eigenvalue weighted by Gasteiger charge is 2.21. The number of carbonyl (C=O) groups excluding carboxylic acids is 2. The van der Waals surface area contributed by atoms with Gasteiger partial charge in [0.25, 0.3) is 5.91 Å². The van der Waals surface area contributed by atoms with E-state index in [1.54, 1.807) is 18.2 Å². The quantitative estimate of drug-likeness (QED) is 0.778. The smallest absolute Gasteiger partial charge is 0.307 e. The first-order chi connectivity index (χ1) is 11.6. The lowest BCUT2D eigenvalue weighted by Gasteiger charge is -2.17. The van der Waals surface area contributed by atoms with Gasteiger partial charge in [-0.3, -0.25) is 9.59 Å². The van der Waals surface area contributed by atoms with Gasteiger partial charge in [0, 0.05) is 10.4 Å². The molecule has 0 aliphatic heterocycles. The van der Waals surface area contributed by atoms with E-state index >= 15 is 0 Å². The molecule has 1 aromatic heterocycles. The molecule has 1 aromatic carbocycles. The molecule has 0 fully saturated rings. The van der Waals surface area contributed by atoms with Crippen LogP contribution in [0.3, 0.4) is 0 Å². The first kappa shape index (κ1) is 17.8. The van der Waals surface area contributed by atoms with Crippen LogP contribution in [0.25, 0.3) is 0 Å². The van der Waals surface area contributed by atoms with E-state index in [1.165, 1.54) is 32.7 Å². The SMILES string of the molecule is COC(=O)C[C@H](NC(=O)c1ccc(OC)c(OC)c1)c1cccs1. The molecule has 7 heteroatoms. The van der Waals surface area contributed by atoms with Gasteiger partial charge < -0.3 is 19.5 Å². The number of nitrogens with one attached hydrogen (secondary N) is 1. The summed E-state index contributed by atoms with van der Waals surface area (Å²) in [6.45, 7) is 0.